The van der Waals surface area contributed by atoms with Gasteiger partial charge in [-0.25, -0.2) is 4.79 Å². The predicted octanol–water partition coefficient (Wildman–Crippen LogP) is 3.50. The lowest BCUT2D eigenvalue weighted by molar-refractivity contribution is 0.0696. The maximum atomic E-state index is 10.7. The fourth-order valence-electron chi connectivity index (χ4n) is 1.64. The van der Waals surface area contributed by atoms with E-state index < -0.39 is 5.97 Å². The maximum Gasteiger partial charge on any atom is 0.337 e. The van der Waals surface area contributed by atoms with E-state index >= 15 is 0 Å². The van der Waals surface area contributed by atoms with Gasteiger partial charge in [-0.3, -0.25) is 4.98 Å². The number of aromatic carboxylic acids is 1. The molecule has 1 heterocycles. The number of carbonyl (C=O) groups is 1. The minimum atomic E-state index is -1.00. The third kappa shape index (κ3) is 3.03. The van der Waals surface area contributed by atoms with Crippen LogP contribution >= 0.6 is 11.6 Å². The highest BCUT2D eigenvalue weighted by Gasteiger charge is 2.08. The van der Waals surface area contributed by atoms with Gasteiger partial charge in [0.1, 0.15) is 5.75 Å². The fourth-order valence-corrected chi connectivity index (χ4v) is 1.91. The molecular formula is C14H12ClNO3. The van der Waals surface area contributed by atoms with Gasteiger partial charge in [0.15, 0.2) is 0 Å². The second-order valence-corrected chi connectivity index (χ2v) is 4.22. The molecule has 0 saturated carbocycles. The topological polar surface area (TPSA) is 59.4 Å². The summed E-state index contributed by atoms with van der Waals surface area (Å²) in [6, 6.07) is 8.45. The molecule has 0 radical (unpaired) electrons. The number of nitrogens with zero attached hydrogens (tertiary/aromatic N) is 1. The number of pyridine rings is 1. The number of aromatic nitrogens is 1. The number of benzene rings is 1. The van der Waals surface area contributed by atoms with Crippen LogP contribution < -0.4 is 4.74 Å². The highest BCUT2D eigenvalue weighted by atomic mass is 35.5. The normalized spacial score (nSPS) is 10.2. The SMILES string of the molecule is CCOc1ccc(-c2ccc(C(=O)O)cn2)c(Cl)c1. The monoisotopic (exact) mass is 277 g/mol. The molecule has 1 N–H and O–H groups in total. The van der Waals surface area contributed by atoms with Crippen molar-refractivity contribution in [2.75, 3.05) is 6.61 Å². The Kier molecular flexibility index (Phi) is 4.02. The molecule has 2 aromatic rings. The molecule has 0 atom stereocenters. The van der Waals surface area contributed by atoms with Crippen LogP contribution in [0, 0.1) is 0 Å². The van der Waals surface area contributed by atoms with Crippen LogP contribution in [0.15, 0.2) is 36.5 Å². The van der Waals surface area contributed by atoms with E-state index in [-0.39, 0.29) is 5.56 Å². The van der Waals surface area contributed by atoms with Crippen molar-refractivity contribution >= 4 is 17.6 Å². The van der Waals surface area contributed by atoms with E-state index in [1.165, 1.54) is 12.3 Å². The van der Waals surface area contributed by atoms with Gasteiger partial charge < -0.3 is 9.84 Å². The number of rotatable bonds is 4. The van der Waals surface area contributed by atoms with Crippen LogP contribution in [0.2, 0.25) is 5.02 Å². The highest BCUT2D eigenvalue weighted by molar-refractivity contribution is 6.33. The summed E-state index contributed by atoms with van der Waals surface area (Å²) < 4.78 is 5.35. The van der Waals surface area contributed by atoms with Crippen LogP contribution in [0.25, 0.3) is 11.3 Å². The van der Waals surface area contributed by atoms with Crippen LogP contribution in [0.1, 0.15) is 17.3 Å². The summed E-state index contributed by atoms with van der Waals surface area (Å²) >= 11 is 6.17. The van der Waals surface area contributed by atoms with Crippen LogP contribution in [0.5, 0.6) is 5.75 Å². The van der Waals surface area contributed by atoms with Crippen LogP contribution in [-0.4, -0.2) is 22.7 Å². The average Bonchev–Trinajstić information content (AvgIpc) is 2.39. The predicted molar refractivity (Wildman–Crippen MR) is 72.8 cm³/mol. The zero-order chi connectivity index (χ0) is 13.8. The molecule has 0 saturated heterocycles. The van der Waals surface area contributed by atoms with Crippen molar-refractivity contribution < 1.29 is 14.6 Å². The lowest BCUT2D eigenvalue weighted by Gasteiger charge is -2.07. The second kappa shape index (κ2) is 5.71. The minimum Gasteiger partial charge on any atom is -0.494 e. The summed E-state index contributed by atoms with van der Waals surface area (Å²) in [5.74, 6) is -0.310. The molecule has 5 heteroatoms. The molecule has 98 valence electrons. The largest absolute Gasteiger partial charge is 0.494 e. The van der Waals surface area contributed by atoms with Gasteiger partial charge in [-0.1, -0.05) is 11.6 Å². The summed E-state index contributed by atoms with van der Waals surface area (Å²) in [7, 11) is 0. The van der Waals surface area contributed by atoms with Crippen molar-refractivity contribution in [3.05, 3.63) is 47.1 Å². The fraction of sp³-hybridized carbons (Fsp3) is 0.143. The maximum absolute atomic E-state index is 10.7. The van der Waals surface area contributed by atoms with E-state index in [1.807, 2.05) is 6.92 Å². The first kappa shape index (κ1) is 13.4. The minimum absolute atomic E-state index is 0.144. The van der Waals surface area contributed by atoms with Crippen molar-refractivity contribution in [2.24, 2.45) is 0 Å². The van der Waals surface area contributed by atoms with Gasteiger partial charge in [0.25, 0.3) is 0 Å². The van der Waals surface area contributed by atoms with Gasteiger partial charge in [-0.05, 0) is 37.3 Å². The lowest BCUT2D eigenvalue weighted by atomic mass is 10.1. The van der Waals surface area contributed by atoms with Gasteiger partial charge in [-0.15, -0.1) is 0 Å². The van der Waals surface area contributed by atoms with E-state index in [9.17, 15) is 4.79 Å². The van der Waals surface area contributed by atoms with E-state index in [0.29, 0.717) is 23.1 Å². The Morgan fingerprint density at radius 1 is 1.37 bits per heavy atom. The molecule has 0 unspecified atom stereocenters. The van der Waals surface area contributed by atoms with Gasteiger partial charge in [-0.2, -0.15) is 0 Å². The van der Waals surface area contributed by atoms with Crippen molar-refractivity contribution in [3.63, 3.8) is 0 Å². The first-order valence-corrected chi connectivity index (χ1v) is 6.11. The molecule has 0 bridgehead atoms. The van der Waals surface area contributed by atoms with Gasteiger partial charge >= 0.3 is 5.97 Å². The second-order valence-electron chi connectivity index (χ2n) is 3.81. The Morgan fingerprint density at radius 2 is 2.16 bits per heavy atom. The summed E-state index contributed by atoms with van der Waals surface area (Å²) in [5.41, 5.74) is 1.51. The molecule has 0 spiro atoms. The highest BCUT2D eigenvalue weighted by Crippen LogP contribution is 2.30. The lowest BCUT2D eigenvalue weighted by Crippen LogP contribution is -1.97. The summed E-state index contributed by atoms with van der Waals surface area (Å²) in [6.45, 7) is 2.47. The Bertz CT molecular complexity index is 596. The quantitative estimate of drug-likeness (QED) is 0.929. The molecule has 4 nitrogen and oxygen atoms in total. The van der Waals surface area contributed by atoms with E-state index in [2.05, 4.69) is 4.98 Å². The Balaban J connectivity index is 2.33. The molecule has 2 rings (SSSR count). The summed E-state index contributed by atoms with van der Waals surface area (Å²) in [5, 5.41) is 9.33. The Hall–Kier alpha value is -2.07. The molecule has 0 aliphatic carbocycles. The third-order valence-electron chi connectivity index (χ3n) is 2.54. The van der Waals surface area contributed by atoms with Crippen molar-refractivity contribution in [3.8, 4) is 17.0 Å². The smallest absolute Gasteiger partial charge is 0.337 e. The number of carboxylic acid groups (broad SMARTS) is 1. The van der Waals surface area contributed by atoms with E-state index in [0.717, 1.165) is 5.56 Å². The first-order chi connectivity index (χ1) is 9.11. The van der Waals surface area contributed by atoms with Crippen LogP contribution in [0.3, 0.4) is 0 Å². The van der Waals surface area contributed by atoms with Crippen molar-refractivity contribution in [1.82, 2.24) is 4.98 Å². The first-order valence-electron chi connectivity index (χ1n) is 5.74. The molecule has 1 aromatic heterocycles. The molecule has 0 aliphatic heterocycles. The average molecular weight is 278 g/mol. The molecule has 0 amide bonds. The summed E-state index contributed by atoms with van der Waals surface area (Å²) in [4.78, 5) is 14.9. The molecule has 0 fully saturated rings. The zero-order valence-corrected chi connectivity index (χ0v) is 11.0. The zero-order valence-electron chi connectivity index (χ0n) is 10.3. The number of halogens is 1. The van der Waals surface area contributed by atoms with Crippen molar-refractivity contribution in [1.29, 1.82) is 0 Å². The molecule has 1 aromatic carbocycles. The molecule has 19 heavy (non-hydrogen) atoms. The summed E-state index contributed by atoms with van der Waals surface area (Å²) in [6.07, 6.45) is 1.31. The van der Waals surface area contributed by atoms with Crippen molar-refractivity contribution in [2.45, 2.75) is 6.92 Å². The third-order valence-corrected chi connectivity index (χ3v) is 2.85. The van der Waals surface area contributed by atoms with Crippen LogP contribution in [-0.2, 0) is 0 Å². The van der Waals surface area contributed by atoms with E-state index in [4.69, 9.17) is 21.4 Å². The van der Waals surface area contributed by atoms with Gasteiger partial charge in [0, 0.05) is 11.8 Å². The van der Waals surface area contributed by atoms with E-state index in [1.54, 1.807) is 24.3 Å². The van der Waals surface area contributed by atoms with Gasteiger partial charge in [0.2, 0.25) is 0 Å². The number of ether oxygens (including phenoxy) is 1. The Morgan fingerprint density at radius 3 is 2.68 bits per heavy atom. The van der Waals surface area contributed by atoms with Crippen LogP contribution in [0.4, 0.5) is 0 Å². The number of hydrogen-bond donors (Lipinski definition) is 1. The Labute approximate surface area is 115 Å². The standard InChI is InChI=1S/C14H12ClNO3/c1-2-19-10-4-5-11(12(15)7-10)13-6-3-9(8-16-13)14(17)18/h3-8H,2H2,1H3,(H,17,18). The number of carboxylic acids is 1. The molecule has 0 aliphatic rings. The molecular weight excluding hydrogens is 266 g/mol. The number of hydrogen-bond acceptors (Lipinski definition) is 3. The van der Waals surface area contributed by atoms with Gasteiger partial charge in [0.05, 0.1) is 22.9 Å².